The van der Waals surface area contributed by atoms with Gasteiger partial charge in [-0.1, -0.05) is 60.7 Å². The fraction of sp³-hybridized carbons (Fsp3) is 0.107. The smallest absolute Gasteiger partial charge is 0.0991 e. The molecule has 0 radical (unpaired) electrons. The zero-order chi connectivity index (χ0) is 21.0. The van der Waals surface area contributed by atoms with E-state index in [1.165, 1.54) is 5.56 Å². The lowest BCUT2D eigenvalue weighted by atomic mass is 9.89. The normalized spacial score (nSPS) is 11.1. The number of rotatable bonds is 5. The standard InChI is InChI=1S/C28H21N3/c29-19-20-9-11-21(12-10-20)24(17-25-15-13-22-5-1-3-7-27(22)30-25)18-26-16-14-23-6-2-4-8-28(23)31-26/h1-16,24H,17-18H2. The molecule has 0 aliphatic rings. The summed E-state index contributed by atoms with van der Waals surface area (Å²) < 4.78 is 0. The molecule has 0 N–H and O–H groups in total. The van der Waals surface area contributed by atoms with Crippen molar-refractivity contribution in [2.24, 2.45) is 0 Å². The van der Waals surface area contributed by atoms with Crippen molar-refractivity contribution in [2.75, 3.05) is 0 Å². The van der Waals surface area contributed by atoms with Gasteiger partial charge in [0.15, 0.2) is 0 Å². The molecule has 0 atom stereocenters. The number of para-hydroxylation sites is 2. The molecule has 148 valence electrons. The molecular formula is C28H21N3. The first-order chi connectivity index (χ1) is 15.3. The van der Waals surface area contributed by atoms with Crippen LogP contribution < -0.4 is 0 Å². The molecule has 0 saturated heterocycles. The Balaban J connectivity index is 1.50. The molecule has 3 nitrogen and oxygen atoms in total. The number of nitriles is 1. The van der Waals surface area contributed by atoms with Gasteiger partial charge in [0.05, 0.1) is 22.7 Å². The number of nitrogens with zero attached hydrogens (tertiary/aromatic N) is 3. The average Bonchev–Trinajstić information content (AvgIpc) is 2.83. The fourth-order valence-corrected chi connectivity index (χ4v) is 4.09. The van der Waals surface area contributed by atoms with Crippen LogP contribution in [0.5, 0.6) is 0 Å². The molecule has 0 amide bonds. The minimum absolute atomic E-state index is 0.218. The van der Waals surface area contributed by atoms with Crippen LogP contribution in [0.15, 0.2) is 97.1 Å². The van der Waals surface area contributed by atoms with Crippen molar-refractivity contribution in [1.82, 2.24) is 9.97 Å². The molecule has 3 aromatic carbocycles. The summed E-state index contributed by atoms with van der Waals surface area (Å²) in [7, 11) is 0. The predicted octanol–water partition coefficient (Wildman–Crippen LogP) is 6.22. The van der Waals surface area contributed by atoms with Crippen LogP contribution in [0.3, 0.4) is 0 Å². The fourth-order valence-electron chi connectivity index (χ4n) is 4.09. The largest absolute Gasteiger partial charge is 0.253 e. The van der Waals surface area contributed by atoms with Crippen molar-refractivity contribution >= 4 is 21.8 Å². The maximum Gasteiger partial charge on any atom is 0.0991 e. The first kappa shape index (κ1) is 19.0. The van der Waals surface area contributed by atoms with Crippen LogP contribution in [0.2, 0.25) is 0 Å². The first-order valence-electron chi connectivity index (χ1n) is 10.5. The van der Waals surface area contributed by atoms with Crippen LogP contribution >= 0.6 is 0 Å². The number of benzene rings is 3. The van der Waals surface area contributed by atoms with Crippen molar-refractivity contribution in [1.29, 1.82) is 5.26 Å². The number of aromatic nitrogens is 2. The number of hydrogen-bond acceptors (Lipinski definition) is 3. The quantitative estimate of drug-likeness (QED) is 0.352. The average molecular weight is 399 g/mol. The number of pyridine rings is 2. The van der Waals surface area contributed by atoms with Gasteiger partial charge in [-0.25, -0.2) is 0 Å². The molecule has 5 aromatic rings. The summed E-state index contributed by atoms with van der Waals surface area (Å²) in [5.41, 5.74) is 6.03. The van der Waals surface area contributed by atoms with Gasteiger partial charge in [-0.15, -0.1) is 0 Å². The highest BCUT2D eigenvalue weighted by atomic mass is 14.7. The molecule has 0 spiro atoms. The first-order valence-corrected chi connectivity index (χ1v) is 10.5. The Labute approximate surface area is 181 Å². The summed E-state index contributed by atoms with van der Waals surface area (Å²) >= 11 is 0. The van der Waals surface area contributed by atoms with Crippen LogP contribution in [-0.2, 0) is 12.8 Å². The third kappa shape index (κ3) is 4.15. The molecule has 3 heteroatoms. The Morgan fingerprint density at radius 3 is 1.65 bits per heavy atom. The van der Waals surface area contributed by atoms with Crippen LogP contribution in [0.4, 0.5) is 0 Å². The summed E-state index contributed by atoms with van der Waals surface area (Å²) in [5, 5.41) is 11.5. The van der Waals surface area contributed by atoms with Gasteiger partial charge in [-0.2, -0.15) is 5.26 Å². The number of hydrogen-bond donors (Lipinski definition) is 0. The van der Waals surface area contributed by atoms with E-state index in [-0.39, 0.29) is 5.92 Å². The topological polar surface area (TPSA) is 49.6 Å². The van der Waals surface area contributed by atoms with Crippen molar-refractivity contribution in [2.45, 2.75) is 18.8 Å². The summed E-state index contributed by atoms with van der Waals surface area (Å²) in [6.45, 7) is 0. The maximum absolute atomic E-state index is 9.17. The monoisotopic (exact) mass is 399 g/mol. The van der Waals surface area contributed by atoms with E-state index in [0.29, 0.717) is 5.56 Å². The van der Waals surface area contributed by atoms with E-state index in [9.17, 15) is 0 Å². The lowest BCUT2D eigenvalue weighted by molar-refractivity contribution is 0.660. The molecule has 5 rings (SSSR count). The molecule has 0 aliphatic heterocycles. The van der Waals surface area contributed by atoms with Crippen LogP contribution in [0.25, 0.3) is 21.8 Å². The minimum atomic E-state index is 0.218. The molecular weight excluding hydrogens is 378 g/mol. The highest BCUT2D eigenvalue weighted by Gasteiger charge is 2.16. The van der Waals surface area contributed by atoms with Crippen molar-refractivity contribution in [3.63, 3.8) is 0 Å². The van der Waals surface area contributed by atoms with Gasteiger partial charge < -0.3 is 0 Å². The Morgan fingerprint density at radius 1 is 0.613 bits per heavy atom. The van der Waals surface area contributed by atoms with E-state index in [2.05, 4.69) is 66.7 Å². The Hall–Kier alpha value is -4.03. The molecule has 2 heterocycles. The van der Waals surface area contributed by atoms with Crippen molar-refractivity contribution in [3.05, 3.63) is 120 Å². The predicted molar refractivity (Wildman–Crippen MR) is 125 cm³/mol. The molecule has 0 unspecified atom stereocenters. The molecule has 0 bridgehead atoms. The summed E-state index contributed by atoms with van der Waals surface area (Å²) in [6.07, 6.45) is 1.62. The van der Waals surface area contributed by atoms with Gasteiger partial charge in [-0.3, -0.25) is 9.97 Å². The zero-order valence-electron chi connectivity index (χ0n) is 17.1. The third-order valence-corrected chi connectivity index (χ3v) is 5.73. The van der Waals surface area contributed by atoms with Gasteiger partial charge in [-0.05, 0) is 60.7 Å². The second-order valence-corrected chi connectivity index (χ2v) is 7.83. The van der Waals surface area contributed by atoms with Gasteiger partial charge in [0, 0.05) is 22.2 Å². The molecule has 0 fully saturated rings. The molecule has 2 aromatic heterocycles. The van der Waals surface area contributed by atoms with E-state index >= 15 is 0 Å². The lowest BCUT2D eigenvalue weighted by Gasteiger charge is -2.18. The minimum Gasteiger partial charge on any atom is -0.253 e. The molecule has 0 aliphatic carbocycles. The highest BCUT2D eigenvalue weighted by molar-refractivity contribution is 5.79. The Bertz CT molecular complexity index is 1320. The lowest BCUT2D eigenvalue weighted by Crippen LogP contribution is -2.09. The highest BCUT2D eigenvalue weighted by Crippen LogP contribution is 2.26. The van der Waals surface area contributed by atoms with E-state index in [1.54, 1.807) is 0 Å². The second-order valence-electron chi connectivity index (χ2n) is 7.83. The number of fused-ring (bicyclic) bond motifs is 2. The van der Waals surface area contributed by atoms with Crippen LogP contribution in [-0.4, -0.2) is 9.97 Å². The van der Waals surface area contributed by atoms with Crippen LogP contribution in [0.1, 0.15) is 28.4 Å². The summed E-state index contributed by atoms with van der Waals surface area (Å²) in [6, 6.07) is 35.0. The van der Waals surface area contributed by atoms with Crippen molar-refractivity contribution in [3.8, 4) is 6.07 Å². The van der Waals surface area contributed by atoms with E-state index in [1.807, 2.05) is 36.4 Å². The van der Waals surface area contributed by atoms with E-state index in [0.717, 1.165) is 46.0 Å². The Kier molecular flexibility index (Phi) is 5.12. The maximum atomic E-state index is 9.17. The van der Waals surface area contributed by atoms with Gasteiger partial charge in [0.25, 0.3) is 0 Å². The Morgan fingerprint density at radius 2 is 1.13 bits per heavy atom. The summed E-state index contributed by atoms with van der Waals surface area (Å²) in [5.74, 6) is 0.218. The second kappa shape index (κ2) is 8.38. The van der Waals surface area contributed by atoms with Gasteiger partial charge >= 0.3 is 0 Å². The van der Waals surface area contributed by atoms with E-state index < -0.39 is 0 Å². The molecule has 31 heavy (non-hydrogen) atoms. The van der Waals surface area contributed by atoms with Crippen LogP contribution in [0, 0.1) is 11.3 Å². The van der Waals surface area contributed by atoms with E-state index in [4.69, 9.17) is 15.2 Å². The zero-order valence-corrected chi connectivity index (χ0v) is 17.1. The van der Waals surface area contributed by atoms with Crippen molar-refractivity contribution < 1.29 is 0 Å². The third-order valence-electron chi connectivity index (χ3n) is 5.73. The summed E-state index contributed by atoms with van der Waals surface area (Å²) in [4.78, 5) is 9.79. The van der Waals surface area contributed by atoms with Gasteiger partial charge in [0.2, 0.25) is 0 Å². The van der Waals surface area contributed by atoms with Gasteiger partial charge in [0.1, 0.15) is 0 Å². The SMILES string of the molecule is N#Cc1ccc(C(Cc2ccc3ccccc3n2)Cc2ccc3ccccc3n2)cc1. The molecule has 0 saturated carbocycles.